The molecule has 0 spiro atoms. The molecule has 0 aliphatic carbocycles. The molecule has 0 aliphatic heterocycles. The summed E-state index contributed by atoms with van der Waals surface area (Å²) in [6.07, 6.45) is 6.40. The fourth-order valence-electron chi connectivity index (χ4n) is 1.69. The van der Waals surface area contributed by atoms with Gasteiger partial charge >= 0.3 is 0 Å². The van der Waals surface area contributed by atoms with Crippen molar-refractivity contribution in [3.63, 3.8) is 0 Å². The summed E-state index contributed by atoms with van der Waals surface area (Å²) in [4.78, 5) is 4.19. The predicted molar refractivity (Wildman–Crippen MR) is 66.6 cm³/mol. The van der Waals surface area contributed by atoms with Crippen molar-refractivity contribution in [2.24, 2.45) is 0 Å². The average molecular weight is 233 g/mol. The van der Waals surface area contributed by atoms with E-state index in [9.17, 15) is 0 Å². The van der Waals surface area contributed by atoms with Crippen molar-refractivity contribution in [3.05, 3.63) is 42.4 Å². The zero-order valence-corrected chi connectivity index (χ0v) is 10.4. The third-order valence-electron chi connectivity index (χ3n) is 2.67. The largest absolute Gasteiger partial charge is 0.469 e. The van der Waals surface area contributed by atoms with Crippen molar-refractivity contribution in [1.29, 1.82) is 0 Å². The van der Waals surface area contributed by atoms with E-state index in [1.807, 2.05) is 24.7 Å². The highest BCUT2D eigenvalue weighted by molar-refractivity contribution is 5.01. The Bertz CT molecular complexity index is 431. The third-order valence-corrected chi connectivity index (χ3v) is 2.67. The van der Waals surface area contributed by atoms with Gasteiger partial charge in [-0.25, -0.2) is 4.98 Å². The number of hydrogen-bond acceptors (Lipinski definition) is 3. The maximum absolute atomic E-state index is 5.32. The lowest BCUT2D eigenvalue weighted by atomic mass is 10.3. The molecule has 0 atom stereocenters. The van der Waals surface area contributed by atoms with Crippen LogP contribution in [-0.2, 0) is 19.5 Å². The fraction of sp³-hybridized carbons (Fsp3) is 0.462. The molecule has 2 rings (SSSR count). The molecule has 0 saturated carbocycles. The van der Waals surface area contributed by atoms with Crippen molar-refractivity contribution < 1.29 is 4.42 Å². The first kappa shape index (κ1) is 11.9. The van der Waals surface area contributed by atoms with Gasteiger partial charge in [0.1, 0.15) is 5.76 Å². The van der Waals surface area contributed by atoms with Crippen molar-refractivity contribution in [2.45, 2.75) is 39.4 Å². The number of rotatable bonds is 6. The highest BCUT2D eigenvalue weighted by Crippen LogP contribution is 2.05. The zero-order chi connectivity index (χ0) is 12.1. The van der Waals surface area contributed by atoms with Gasteiger partial charge in [0.2, 0.25) is 0 Å². The molecule has 0 radical (unpaired) electrons. The maximum atomic E-state index is 5.32. The molecule has 0 aromatic carbocycles. The number of furan rings is 1. The smallest absolute Gasteiger partial charge is 0.105 e. The van der Waals surface area contributed by atoms with Gasteiger partial charge in [0.15, 0.2) is 0 Å². The molecular weight excluding hydrogens is 214 g/mol. The Labute approximate surface area is 102 Å². The molecule has 0 aliphatic rings. The monoisotopic (exact) mass is 233 g/mol. The maximum Gasteiger partial charge on any atom is 0.105 e. The summed E-state index contributed by atoms with van der Waals surface area (Å²) < 4.78 is 7.49. The minimum atomic E-state index is 0.489. The Balaban J connectivity index is 1.90. The van der Waals surface area contributed by atoms with E-state index < -0.39 is 0 Å². The Hall–Kier alpha value is -1.55. The second-order valence-corrected chi connectivity index (χ2v) is 4.44. The zero-order valence-electron chi connectivity index (χ0n) is 10.4. The number of hydrogen-bond donors (Lipinski definition) is 1. The van der Waals surface area contributed by atoms with Crippen molar-refractivity contribution in [3.8, 4) is 0 Å². The molecule has 1 N–H and O–H groups in total. The molecular formula is C13H19N3O. The molecule has 92 valence electrons. The molecule has 0 bridgehead atoms. The van der Waals surface area contributed by atoms with E-state index in [-0.39, 0.29) is 0 Å². The molecule has 0 saturated heterocycles. The lowest BCUT2D eigenvalue weighted by Crippen LogP contribution is -2.23. The Morgan fingerprint density at radius 3 is 3.06 bits per heavy atom. The van der Waals surface area contributed by atoms with Gasteiger partial charge in [0, 0.05) is 31.7 Å². The van der Waals surface area contributed by atoms with Crippen LogP contribution in [0.2, 0.25) is 0 Å². The molecule has 4 heteroatoms. The first-order valence-corrected chi connectivity index (χ1v) is 6.00. The van der Waals surface area contributed by atoms with Crippen LogP contribution >= 0.6 is 0 Å². The lowest BCUT2D eigenvalue weighted by molar-refractivity contribution is 0.483. The van der Waals surface area contributed by atoms with Crippen molar-refractivity contribution >= 4 is 0 Å². The average Bonchev–Trinajstić information content (AvgIpc) is 2.95. The van der Waals surface area contributed by atoms with Gasteiger partial charge in [-0.1, -0.05) is 13.8 Å². The summed E-state index contributed by atoms with van der Waals surface area (Å²) in [6, 6.07) is 4.41. The van der Waals surface area contributed by atoms with Gasteiger partial charge in [-0.2, -0.15) is 0 Å². The number of imidazole rings is 1. The minimum absolute atomic E-state index is 0.489. The van der Waals surface area contributed by atoms with Gasteiger partial charge in [-0.3, -0.25) is 0 Å². The van der Waals surface area contributed by atoms with Crippen LogP contribution in [0.4, 0.5) is 0 Å². The molecule has 17 heavy (non-hydrogen) atoms. The topological polar surface area (TPSA) is 43.0 Å². The Morgan fingerprint density at radius 1 is 1.47 bits per heavy atom. The van der Waals surface area contributed by atoms with Crippen molar-refractivity contribution in [1.82, 2.24) is 14.9 Å². The highest BCUT2D eigenvalue weighted by Gasteiger charge is 2.04. The fourth-order valence-corrected chi connectivity index (χ4v) is 1.69. The van der Waals surface area contributed by atoms with Gasteiger partial charge in [0.25, 0.3) is 0 Å². The molecule has 0 unspecified atom stereocenters. The van der Waals surface area contributed by atoms with Crippen LogP contribution in [0.25, 0.3) is 0 Å². The van der Waals surface area contributed by atoms with E-state index in [2.05, 4.69) is 28.7 Å². The standard InChI is InChI=1S/C13H19N3O/c1-11(2)15-9-12-8-14-10-16(12)6-5-13-4-3-7-17-13/h3-4,7-8,10-11,15H,5-6,9H2,1-2H3. The number of aromatic nitrogens is 2. The highest BCUT2D eigenvalue weighted by atomic mass is 16.3. The van der Waals surface area contributed by atoms with Gasteiger partial charge in [0.05, 0.1) is 18.3 Å². The quantitative estimate of drug-likeness (QED) is 0.832. The summed E-state index contributed by atoms with van der Waals surface area (Å²) >= 11 is 0. The second-order valence-electron chi connectivity index (χ2n) is 4.44. The van der Waals surface area contributed by atoms with Crippen molar-refractivity contribution in [2.75, 3.05) is 0 Å². The Kier molecular flexibility index (Phi) is 3.98. The Morgan fingerprint density at radius 2 is 2.35 bits per heavy atom. The summed E-state index contributed by atoms with van der Waals surface area (Å²) in [5, 5.41) is 3.40. The van der Waals surface area contributed by atoms with Crippen LogP contribution < -0.4 is 5.32 Å². The van der Waals surface area contributed by atoms with Crippen LogP contribution in [0.5, 0.6) is 0 Å². The number of nitrogens with zero attached hydrogens (tertiary/aromatic N) is 2. The van der Waals surface area contributed by atoms with Crippen LogP contribution in [-0.4, -0.2) is 15.6 Å². The van der Waals surface area contributed by atoms with E-state index in [0.29, 0.717) is 6.04 Å². The molecule has 2 aromatic heterocycles. The van der Waals surface area contributed by atoms with Gasteiger partial charge < -0.3 is 14.3 Å². The van der Waals surface area contributed by atoms with E-state index >= 15 is 0 Å². The molecule has 0 fully saturated rings. The van der Waals surface area contributed by atoms with E-state index in [0.717, 1.165) is 25.3 Å². The SMILES string of the molecule is CC(C)NCc1cncn1CCc1ccco1. The van der Waals surface area contributed by atoms with Gasteiger partial charge in [-0.05, 0) is 12.1 Å². The van der Waals surface area contributed by atoms with Crippen LogP contribution in [0.1, 0.15) is 25.3 Å². The van der Waals surface area contributed by atoms with E-state index in [1.54, 1.807) is 6.26 Å². The predicted octanol–water partition coefficient (Wildman–Crippen LogP) is 2.22. The summed E-state index contributed by atoms with van der Waals surface area (Å²) in [7, 11) is 0. The van der Waals surface area contributed by atoms with Crippen LogP contribution in [0, 0.1) is 0 Å². The normalized spacial score (nSPS) is 11.2. The van der Waals surface area contributed by atoms with Crippen LogP contribution in [0.15, 0.2) is 35.3 Å². The minimum Gasteiger partial charge on any atom is -0.469 e. The molecule has 0 amide bonds. The number of nitrogens with one attached hydrogen (secondary N) is 1. The first-order chi connectivity index (χ1) is 8.25. The summed E-state index contributed by atoms with van der Waals surface area (Å²) in [6.45, 7) is 6.05. The molecule has 2 aromatic rings. The summed E-state index contributed by atoms with van der Waals surface area (Å²) in [5.41, 5.74) is 1.21. The first-order valence-electron chi connectivity index (χ1n) is 6.00. The number of aryl methyl sites for hydroxylation is 2. The van der Waals surface area contributed by atoms with E-state index in [1.165, 1.54) is 5.69 Å². The lowest BCUT2D eigenvalue weighted by Gasteiger charge is -2.10. The second kappa shape index (κ2) is 5.68. The van der Waals surface area contributed by atoms with Crippen LogP contribution in [0.3, 0.4) is 0 Å². The molecule has 2 heterocycles. The summed E-state index contributed by atoms with van der Waals surface area (Å²) in [5.74, 6) is 1.02. The third kappa shape index (κ3) is 3.46. The van der Waals surface area contributed by atoms with Gasteiger partial charge in [-0.15, -0.1) is 0 Å². The van der Waals surface area contributed by atoms with E-state index in [4.69, 9.17) is 4.42 Å². The molecule has 4 nitrogen and oxygen atoms in total.